The van der Waals surface area contributed by atoms with Crippen LogP contribution in [0.4, 0.5) is 0 Å². The number of cyclic esters (lactones) is 1. The zero-order valence-electron chi connectivity index (χ0n) is 24.7. The van der Waals surface area contributed by atoms with Crippen molar-refractivity contribution in [3.63, 3.8) is 0 Å². The van der Waals surface area contributed by atoms with Gasteiger partial charge in [0, 0.05) is 45.7 Å². The summed E-state index contributed by atoms with van der Waals surface area (Å²) in [5.74, 6) is -3.43. The van der Waals surface area contributed by atoms with E-state index in [1.807, 2.05) is 36.4 Å². The number of benzene rings is 1. The molecule has 0 unspecified atom stereocenters. The number of carbonyl (C=O) groups excluding carboxylic acids is 4. The monoisotopic (exact) mass is 608 g/mol. The number of fused-ring (bicyclic) bond motifs is 2. The molecule has 2 N–H and O–H groups in total. The average Bonchev–Trinajstić information content (AvgIpc) is 3.42. The number of likely N-dealkylation sites (tertiary alicyclic amines) is 1. The van der Waals surface area contributed by atoms with E-state index in [9.17, 15) is 24.3 Å². The van der Waals surface area contributed by atoms with Gasteiger partial charge in [-0.25, -0.2) is 0 Å². The molecule has 12 nitrogen and oxygen atoms in total. The molecule has 1 aromatic rings. The first-order valence-electron chi connectivity index (χ1n) is 15.5. The van der Waals surface area contributed by atoms with Gasteiger partial charge >= 0.3 is 5.97 Å². The second-order valence-corrected chi connectivity index (χ2v) is 11.9. The average molecular weight is 609 g/mol. The van der Waals surface area contributed by atoms with Gasteiger partial charge in [-0.2, -0.15) is 0 Å². The first kappa shape index (κ1) is 30.4. The minimum Gasteiger partial charge on any atom is -0.463 e. The van der Waals surface area contributed by atoms with Crippen LogP contribution in [0.2, 0.25) is 0 Å². The molecule has 6 atom stereocenters. The maximum Gasteiger partial charge on any atom is 0.306 e. The highest BCUT2D eigenvalue weighted by molar-refractivity contribution is 5.99. The van der Waals surface area contributed by atoms with E-state index in [1.54, 1.807) is 23.1 Å². The molecule has 0 aliphatic carbocycles. The van der Waals surface area contributed by atoms with Gasteiger partial charge in [0.05, 0.1) is 43.8 Å². The maximum absolute atomic E-state index is 14.3. The SMILES string of the molecule is O=C1CC/C=C\[C@@H]2O[C@@]34C=CCN(CCN5CCOCC5)C(=O)[C@@H]3N(CCO)C(=O)[C@H]4[C@@H]2C(=O)N[C@@H](c2ccccc2)CO1. The normalized spacial score (nSPS) is 33.8. The van der Waals surface area contributed by atoms with E-state index >= 15 is 0 Å². The highest BCUT2D eigenvalue weighted by Gasteiger charge is 2.71. The lowest BCUT2D eigenvalue weighted by Gasteiger charge is -2.36. The molecule has 236 valence electrons. The van der Waals surface area contributed by atoms with E-state index in [-0.39, 0.29) is 38.1 Å². The number of aliphatic hydroxyl groups excluding tert-OH is 1. The van der Waals surface area contributed by atoms with Crippen LogP contribution in [-0.4, -0.2) is 127 Å². The van der Waals surface area contributed by atoms with E-state index in [1.165, 1.54) is 4.90 Å². The van der Waals surface area contributed by atoms with Crippen molar-refractivity contribution in [2.45, 2.75) is 36.6 Å². The molecule has 44 heavy (non-hydrogen) atoms. The number of ether oxygens (including phenoxy) is 3. The first-order chi connectivity index (χ1) is 21.4. The minimum absolute atomic E-state index is 0.0561. The number of hydrogen-bond donors (Lipinski definition) is 2. The Hall–Kier alpha value is -3.58. The van der Waals surface area contributed by atoms with Crippen LogP contribution in [0.5, 0.6) is 0 Å². The van der Waals surface area contributed by atoms with Crippen LogP contribution in [0.25, 0.3) is 0 Å². The van der Waals surface area contributed by atoms with E-state index < -0.39 is 47.4 Å². The van der Waals surface area contributed by atoms with Crippen LogP contribution in [-0.2, 0) is 33.4 Å². The molecule has 0 radical (unpaired) electrons. The summed E-state index contributed by atoms with van der Waals surface area (Å²) in [5, 5.41) is 13.0. The third-order valence-corrected chi connectivity index (χ3v) is 9.28. The topological polar surface area (TPSA) is 138 Å². The Morgan fingerprint density at radius 1 is 0.977 bits per heavy atom. The molecule has 1 aromatic carbocycles. The zero-order valence-corrected chi connectivity index (χ0v) is 24.7. The van der Waals surface area contributed by atoms with Gasteiger partial charge in [-0.3, -0.25) is 24.1 Å². The third-order valence-electron chi connectivity index (χ3n) is 9.28. The molecule has 6 rings (SSSR count). The van der Waals surface area contributed by atoms with Gasteiger partial charge in [-0.1, -0.05) is 54.6 Å². The van der Waals surface area contributed by atoms with E-state index in [0.29, 0.717) is 39.3 Å². The van der Waals surface area contributed by atoms with Crippen LogP contribution in [0.15, 0.2) is 54.6 Å². The number of carbonyl (C=O) groups is 4. The molecule has 0 bridgehead atoms. The summed E-state index contributed by atoms with van der Waals surface area (Å²) in [6, 6.07) is 7.53. The number of hydrogen-bond acceptors (Lipinski definition) is 9. The van der Waals surface area contributed by atoms with Crippen molar-refractivity contribution >= 4 is 23.7 Å². The van der Waals surface area contributed by atoms with Crippen LogP contribution in [0.3, 0.4) is 0 Å². The van der Waals surface area contributed by atoms with Crippen LogP contribution < -0.4 is 5.32 Å². The summed E-state index contributed by atoms with van der Waals surface area (Å²) in [6.07, 6.45) is 6.85. The van der Waals surface area contributed by atoms with Gasteiger partial charge in [0.25, 0.3) is 0 Å². The summed E-state index contributed by atoms with van der Waals surface area (Å²) < 4.78 is 17.6. The second-order valence-electron chi connectivity index (χ2n) is 11.9. The molecular weight excluding hydrogens is 568 g/mol. The number of aliphatic hydroxyl groups is 1. The standard InChI is InChI=1S/C32H40N4O8/c37-18-15-36-28-31(41)35(14-13-34-16-19-42-20-17-34)12-6-11-32(28)27(30(36)40)26-24(44-32)9-4-5-10-25(38)43-21-23(33-29(26)39)22-7-2-1-3-8-22/h1-4,6-9,11,23-24,26-28,37H,5,10,12-21H2,(H,33,39)/b9-4-/t23-,24+,26-,27-,28+,32-/m1/s1. The van der Waals surface area contributed by atoms with Crippen LogP contribution >= 0.6 is 0 Å². The predicted octanol–water partition coefficient (Wildman–Crippen LogP) is 0.0408. The largest absolute Gasteiger partial charge is 0.463 e. The van der Waals surface area contributed by atoms with Crippen molar-refractivity contribution in [1.29, 1.82) is 0 Å². The maximum atomic E-state index is 14.3. The Bertz CT molecular complexity index is 1300. The number of β-amino-alcohol motifs (C(OH)–C–C–N with tert-alkyl or cyclic N) is 1. The van der Waals surface area contributed by atoms with E-state index in [0.717, 1.165) is 18.7 Å². The molecule has 0 saturated carbocycles. The molecule has 3 amide bonds. The summed E-state index contributed by atoms with van der Waals surface area (Å²) in [7, 11) is 0. The Morgan fingerprint density at radius 2 is 1.77 bits per heavy atom. The summed E-state index contributed by atoms with van der Waals surface area (Å²) in [4.78, 5) is 60.4. The third kappa shape index (κ3) is 5.79. The highest BCUT2D eigenvalue weighted by atomic mass is 16.5. The Kier molecular flexibility index (Phi) is 9.13. The fraction of sp³-hybridized carbons (Fsp3) is 0.562. The Labute approximate surface area is 256 Å². The lowest BCUT2D eigenvalue weighted by molar-refractivity contribution is -0.148. The lowest BCUT2D eigenvalue weighted by Crippen LogP contribution is -2.56. The molecule has 3 fully saturated rings. The van der Waals surface area contributed by atoms with E-state index in [4.69, 9.17) is 14.2 Å². The van der Waals surface area contributed by atoms with E-state index in [2.05, 4.69) is 10.2 Å². The van der Waals surface area contributed by atoms with Crippen molar-refractivity contribution in [2.24, 2.45) is 11.8 Å². The van der Waals surface area contributed by atoms with Gasteiger partial charge in [0.15, 0.2) is 0 Å². The number of rotatable bonds is 6. The number of morpholine rings is 1. The second kappa shape index (κ2) is 13.2. The number of nitrogens with zero attached hydrogens (tertiary/aromatic N) is 3. The van der Waals surface area contributed by atoms with Crippen molar-refractivity contribution in [1.82, 2.24) is 20.0 Å². The Balaban J connectivity index is 1.33. The fourth-order valence-corrected chi connectivity index (χ4v) is 7.12. The number of nitrogens with one attached hydrogen (secondary N) is 1. The smallest absolute Gasteiger partial charge is 0.306 e. The number of allylic oxidation sites excluding steroid dienone is 1. The zero-order chi connectivity index (χ0) is 30.7. The minimum atomic E-state index is -1.40. The first-order valence-corrected chi connectivity index (χ1v) is 15.5. The number of esters is 1. The lowest BCUT2D eigenvalue weighted by atomic mass is 9.77. The molecule has 0 aromatic heterocycles. The van der Waals surface area contributed by atoms with Crippen molar-refractivity contribution in [3.8, 4) is 0 Å². The summed E-state index contributed by atoms with van der Waals surface area (Å²) in [5.41, 5.74) is -0.646. The molecule has 5 aliphatic heterocycles. The van der Waals surface area contributed by atoms with Gasteiger partial charge in [0.2, 0.25) is 17.7 Å². The quantitative estimate of drug-likeness (QED) is 0.339. The molecule has 12 heteroatoms. The Morgan fingerprint density at radius 3 is 2.55 bits per heavy atom. The van der Waals surface area contributed by atoms with Crippen LogP contribution in [0, 0.1) is 11.8 Å². The molecule has 1 spiro atoms. The van der Waals surface area contributed by atoms with Gasteiger partial charge in [-0.15, -0.1) is 0 Å². The summed E-state index contributed by atoms with van der Waals surface area (Å²) in [6.45, 7) is 3.89. The molecule has 5 aliphatic rings. The van der Waals surface area contributed by atoms with Crippen molar-refractivity contribution in [3.05, 3.63) is 60.2 Å². The van der Waals surface area contributed by atoms with Crippen LogP contribution in [0.1, 0.15) is 24.4 Å². The highest BCUT2D eigenvalue weighted by Crippen LogP contribution is 2.52. The predicted molar refractivity (Wildman–Crippen MR) is 157 cm³/mol. The summed E-state index contributed by atoms with van der Waals surface area (Å²) >= 11 is 0. The van der Waals surface area contributed by atoms with Crippen molar-refractivity contribution in [2.75, 3.05) is 65.7 Å². The van der Waals surface area contributed by atoms with Crippen molar-refractivity contribution < 1.29 is 38.5 Å². The fourth-order valence-electron chi connectivity index (χ4n) is 7.12. The molecular formula is C32H40N4O8. The van der Waals surface area contributed by atoms with Gasteiger partial charge in [0.1, 0.15) is 18.2 Å². The van der Waals surface area contributed by atoms with Gasteiger partial charge in [-0.05, 0) is 12.0 Å². The molecule has 5 heterocycles. The molecule has 3 saturated heterocycles. The van der Waals surface area contributed by atoms with Gasteiger partial charge < -0.3 is 34.4 Å². The number of amides is 3.